The Morgan fingerprint density at radius 2 is 0.569 bits per heavy atom. The van der Waals surface area contributed by atoms with E-state index in [4.69, 9.17) is 62.8 Å². The molecule has 1 nitrogen and oxygen atoms in total. The number of hydrogen-bond acceptors (Lipinski definition) is 1. The number of rotatable bonds is 7. The molecule has 0 aromatic heterocycles. The summed E-state index contributed by atoms with van der Waals surface area (Å²) < 4.78 is 0. The van der Waals surface area contributed by atoms with Crippen molar-refractivity contribution >= 4 is 124 Å². The fraction of sp³-hybridized carbons (Fsp3) is 0. The number of anilines is 3. The Labute approximate surface area is 311 Å². The summed E-state index contributed by atoms with van der Waals surface area (Å²) in [5.74, 6) is 0. The summed E-state index contributed by atoms with van der Waals surface area (Å²) in [5, 5.41) is 0. The molecule has 0 atom stereocenters. The molecule has 0 amide bonds. The Morgan fingerprint density at radius 3 is 0.922 bits per heavy atom. The molecule has 0 N–H and O–H groups in total. The highest BCUT2D eigenvalue weighted by molar-refractivity contribution is 6.65. The van der Waals surface area contributed by atoms with E-state index in [1.807, 2.05) is 115 Å². The van der Waals surface area contributed by atoms with Gasteiger partial charge in [-0.15, -0.1) is 0 Å². The molecule has 0 saturated carbocycles. The minimum absolute atomic E-state index is 0.183. The van der Waals surface area contributed by atoms with Crippen molar-refractivity contribution in [3.05, 3.63) is 140 Å². The summed E-state index contributed by atoms with van der Waals surface area (Å²) in [6.45, 7) is 0. The molecular weight excluding hydrogens is 605 g/mol. The van der Waals surface area contributed by atoms with Gasteiger partial charge in [0.1, 0.15) is 62.8 Å². The predicted molar refractivity (Wildman–Crippen MR) is 226 cm³/mol. The largest absolute Gasteiger partial charge is 0.313 e. The molecule has 0 aliphatic carbocycles. The Hall–Kier alpha value is -5.14. The molecule has 220 valence electrons. The van der Waals surface area contributed by atoms with E-state index >= 15 is 0 Å². The van der Waals surface area contributed by atoms with E-state index in [1.54, 1.807) is 4.90 Å². The van der Waals surface area contributed by atoms with Crippen LogP contribution in [0.15, 0.2) is 140 Å². The molecule has 0 spiro atoms. The van der Waals surface area contributed by atoms with Crippen LogP contribution in [-0.2, 0) is 0 Å². The van der Waals surface area contributed by atoms with Gasteiger partial charge in [0.15, 0.2) is 0 Å². The first-order valence-corrected chi connectivity index (χ1v) is 16.4. The van der Waals surface area contributed by atoms with Gasteiger partial charge in [-0.05, 0) is 56.6 Å². The second kappa shape index (κ2) is 14.2. The van der Waals surface area contributed by atoms with Crippen molar-refractivity contribution < 1.29 is 0 Å². The van der Waals surface area contributed by atoms with Crippen LogP contribution in [0.4, 0.5) is 17.1 Å². The average molecular weight is 628 g/mol. The average Bonchev–Trinajstić information content (AvgIpc) is 3.17. The molecule has 0 aliphatic rings. The van der Waals surface area contributed by atoms with Crippen LogP contribution in [0, 0.1) is 0 Å². The van der Waals surface area contributed by atoms with E-state index in [9.17, 15) is 0 Å². The number of benzene rings is 7. The minimum atomic E-state index is 0.183. The third kappa shape index (κ3) is 6.14. The summed E-state index contributed by atoms with van der Waals surface area (Å²) in [4.78, 5) is 1.74. The lowest BCUT2D eigenvalue weighted by Gasteiger charge is -2.37. The molecular formula is C42H23B8N. The maximum Gasteiger partial charge on any atom is 0.115 e. The first-order chi connectivity index (χ1) is 24.7. The molecule has 7 aromatic carbocycles. The first-order valence-electron chi connectivity index (χ1n) is 16.4. The standard InChI is InChI=1S/C42H23B8N/c43-33-31(26-14-6-2-7-15-26)34(44)38(48)41(37(33)47)51(42-39(49)35(45)32(36(46)40(42)50)27-16-8-3-9-17-27)28-22-20-25(21-23-28)30-19-11-10-18-29(30)24-12-4-1-5-13-24/h1-23H. The molecule has 7 rings (SSSR count). The minimum Gasteiger partial charge on any atom is -0.313 e. The molecule has 16 radical (unpaired) electrons. The maximum atomic E-state index is 6.92. The van der Waals surface area contributed by atoms with Crippen molar-refractivity contribution in [3.8, 4) is 44.5 Å². The molecule has 0 saturated heterocycles. The van der Waals surface area contributed by atoms with E-state index < -0.39 is 0 Å². The van der Waals surface area contributed by atoms with Gasteiger partial charge in [0.05, 0.1) is 0 Å². The lowest BCUT2D eigenvalue weighted by atomic mass is 9.63. The molecule has 0 aliphatic heterocycles. The molecule has 0 fully saturated rings. The van der Waals surface area contributed by atoms with Crippen LogP contribution >= 0.6 is 0 Å². The number of nitrogens with zero attached hydrogens (tertiary/aromatic N) is 1. The zero-order chi connectivity index (χ0) is 35.8. The lowest BCUT2D eigenvalue weighted by molar-refractivity contribution is 1.33. The van der Waals surface area contributed by atoms with E-state index in [1.165, 1.54) is 0 Å². The Morgan fingerprint density at radius 1 is 0.275 bits per heavy atom. The van der Waals surface area contributed by atoms with Gasteiger partial charge in [-0.1, -0.05) is 171 Å². The van der Waals surface area contributed by atoms with Crippen LogP contribution in [0.1, 0.15) is 0 Å². The highest BCUT2D eigenvalue weighted by Gasteiger charge is 2.26. The molecule has 51 heavy (non-hydrogen) atoms. The molecule has 7 aromatic rings. The van der Waals surface area contributed by atoms with E-state index in [2.05, 4.69) is 24.3 Å². The SMILES string of the molecule is [B]c1c([B])c(N(c2ccc(-c3ccccc3-c3ccccc3)cc2)c2c([B])c([B])c(-c3ccccc3)c([B])c2[B])c([B])c([B])c1-c1ccccc1. The normalized spacial score (nSPS) is 11.0. The fourth-order valence-electron chi connectivity index (χ4n) is 6.71. The van der Waals surface area contributed by atoms with E-state index in [0.29, 0.717) is 28.2 Å². The van der Waals surface area contributed by atoms with Crippen molar-refractivity contribution in [3.63, 3.8) is 0 Å². The third-order valence-electron chi connectivity index (χ3n) is 9.28. The van der Waals surface area contributed by atoms with Crippen molar-refractivity contribution in [2.75, 3.05) is 4.90 Å². The van der Waals surface area contributed by atoms with Crippen LogP contribution in [0.3, 0.4) is 0 Å². The van der Waals surface area contributed by atoms with Gasteiger partial charge in [0, 0.05) is 17.1 Å². The molecule has 0 bridgehead atoms. The molecule has 0 heterocycles. The summed E-state index contributed by atoms with van der Waals surface area (Å²) in [5.41, 5.74) is 9.78. The zero-order valence-corrected chi connectivity index (χ0v) is 27.8. The van der Waals surface area contributed by atoms with Gasteiger partial charge in [-0.25, -0.2) is 0 Å². The Bertz CT molecular complexity index is 2220. The van der Waals surface area contributed by atoms with Crippen molar-refractivity contribution in [2.45, 2.75) is 0 Å². The van der Waals surface area contributed by atoms with Crippen molar-refractivity contribution in [1.29, 1.82) is 0 Å². The van der Waals surface area contributed by atoms with Crippen LogP contribution in [0.5, 0.6) is 0 Å². The molecule has 9 heteroatoms. The number of hydrogen-bond donors (Lipinski definition) is 0. The summed E-state index contributed by atoms with van der Waals surface area (Å²) in [6.07, 6.45) is 0. The predicted octanol–water partition coefficient (Wildman–Crippen LogP) is 2.17. The van der Waals surface area contributed by atoms with Gasteiger partial charge < -0.3 is 4.90 Å². The van der Waals surface area contributed by atoms with E-state index in [-0.39, 0.29) is 43.7 Å². The highest BCUT2D eigenvalue weighted by Crippen LogP contribution is 2.36. The van der Waals surface area contributed by atoms with Gasteiger partial charge in [0.2, 0.25) is 0 Å². The second-order valence-electron chi connectivity index (χ2n) is 12.3. The smallest absolute Gasteiger partial charge is 0.115 e. The summed E-state index contributed by atoms with van der Waals surface area (Å²) >= 11 is 0. The lowest BCUT2D eigenvalue weighted by Crippen LogP contribution is -2.50. The Kier molecular flexibility index (Phi) is 9.58. The quantitative estimate of drug-likeness (QED) is 0.245. The topological polar surface area (TPSA) is 3.24 Å². The second-order valence-corrected chi connectivity index (χ2v) is 12.3. The van der Waals surface area contributed by atoms with Crippen LogP contribution in [-0.4, -0.2) is 62.8 Å². The van der Waals surface area contributed by atoms with E-state index in [0.717, 1.165) is 33.4 Å². The fourth-order valence-corrected chi connectivity index (χ4v) is 6.71. The van der Waals surface area contributed by atoms with Gasteiger partial charge in [-0.2, -0.15) is 0 Å². The maximum absolute atomic E-state index is 6.92. The van der Waals surface area contributed by atoms with Gasteiger partial charge >= 0.3 is 0 Å². The monoisotopic (exact) mass is 629 g/mol. The van der Waals surface area contributed by atoms with Crippen molar-refractivity contribution in [2.24, 2.45) is 0 Å². The summed E-state index contributed by atoms with van der Waals surface area (Å²) in [6, 6.07) is 45.3. The van der Waals surface area contributed by atoms with Crippen molar-refractivity contribution in [1.82, 2.24) is 0 Å². The van der Waals surface area contributed by atoms with Gasteiger partial charge in [-0.3, -0.25) is 0 Å². The van der Waals surface area contributed by atoms with Crippen LogP contribution in [0.25, 0.3) is 44.5 Å². The zero-order valence-electron chi connectivity index (χ0n) is 27.8. The molecule has 0 unspecified atom stereocenters. The Balaban J connectivity index is 1.47. The van der Waals surface area contributed by atoms with Crippen LogP contribution in [0.2, 0.25) is 0 Å². The third-order valence-corrected chi connectivity index (χ3v) is 9.28. The van der Waals surface area contributed by atoms with Crippen LogP contribution < -0.4 is 48.6 Å². The highest BCUT2D eigenvalue weighted by atomic mass is 15.1. The van der Waals surface area contributed by atoms with Gasteiger partial charge in [0.25, 0.3) is 0 Å². The first kappa shape index (κ1) is 34.3. The summed E-state index contributed by atoms with van der Waals surface area (Å²) in [7, 11) is 54.8.